The Morgan fingerprint density at radius 2 is 2.16 bits per heavy atom. The maximum Gasteiger partial charge on any atom is 0.243 e. The predicted octanol–water partition coefficient (Wildman–Crippen LogP) is 1.97. The predicted molar refractivity (Wildman–Crippen MR) is 76.1 cm³/mol. The number of sulfonamides is 1. The maximum absolute atomic E-state index is 13.6. The van der Waals surface area contributed by atoms with E-state index in [9.17, 15) is 12.8 Å². The van der Waals surface area contributed by atoms with Gasteiger partial charge in [0.1, 0.15) is 10.7 Å². The van der Waals surface area contributed by atoms with E-state index in [1.54, 1.807) is 11.8 Å². The summed E-state index contributed by atoms with van der Waals surface area (Å²) >= 11 is 1.73. The summed E-state index contributed by atoms with van der Waals surface area (Å²) in [6.45, 7) is 0. The Morgan fingerprint density at radius 1 is 1.42 bits per heavy atom. The van der Waals surface area contributed by atoms with Gasteiger partial charge in [-0.1, -0.05) is 0 Å². The van der Waals surface area contributed by atoms with Crippen LogP contribution in [0, 0.1) is 5.82 Å². The summed E-state index contributed by atoms with van der Waals surface area (Å²) in [6, 6.07) is 3.44. The molecule has 2 atom stereocenters. The second-order valence-corrected chi connectivity index (χ2v) is 7.50. The van der Waals surface area contributed by atoms with Gasteiger partial charge in [0.25, 0.3) is 0 Å². The highest BCUT2D eigenvalue weighted by atomic mass is 32.2. The number of nitrogens with one attached hydrogen (secondary N) is 1. The van der Waals surface area contributed by atoms with Crippen LogP contribution in [0.15, 0.2) is 23.1 Å². The van der Waals surface area contributed by atoms with Crippen LogP contribution in [0.2, 0.25) is 0 Å². The van der Waals surface area contributed by atoms with Crippen molar-refractivity contribution in [3.05, 3.63) is 24.0 Å². The Bertz CT molecular complexity index is 563. The number of nitrogens with two attached hydrogens (primary N) is 1. The van der Waals surface area contributed by atoms with E-state index in [-0.39, 0.29) is 16.6 Å². The molecule has 1 fully saturated rings. The fourth-order valence-electron chi connectivity index (χ4n) is 2.27. The van der Waals surface area contributed by atoms with Crippen molar-refractivity contribution in [2.45, 2.75) is 35.4 Å². The van der Waals surface area contributed by atoms with Crippen molar-refractivity contribution >= 4 is 27.5 Å². The molecule has 0 aliphatic heterocycles. The smallest absolute Gasteiger partial charge is 0.243 e. The molecule has 0 radical (unpaired) electrons. The second kappa shape index (κ2) is 5.68. The van der Waals surface area contributed by atoms with E-state index in [4.69, 9.17) is 5.73 Å². The third-order valence-corrected chi connectivity index (χ3v) is 5.91. The molecule has 0 saturated heterocycles. The number of hydrogen-bond acceptors (Lipinski definition) is 4. The first-order chi connectivity index (χ1) is 8.92. The van der Waals surface area contributed by atoms with E-state index in [0.29, 0.717) is 5.25 Å². The van der Waals surface area contributed by atoms with Crippen molar-refractivity contribution in [2.75, 3.05) is 12.0 Å². The van der Waals surface area contributed by atoms with Crippen molar-refractivity contribution in [3.8, 4) is 0 Å². The van der Waals surface area contributed by atoms with Crippen molar-refractivity contribution in [1.29, 1.82) is 0 Å². The lowest BCUT2D eigenvalue weighted by Crippen LogP contribution is -2.33. The standard InChI is InChI=1S/C12H17FN2O2S2/c1-18-10-4-3-9(7-10)15-19(16,17)12-6-8(14)2-5-11(12)13/h2,5-6,9-10,15H,3-4,7,14H2,1H3. The zero-order valence-corrected chi connectivity index (χ0v) is 12.2. The zero-order chi connectivity index (χ0) is 14.0. The fourth-order valence-corrected chi connectivity index (χ4v) is 4.46. The SMILES string of the molecule is CSC1CCC(NS(=O)(=O)c2cc(N)ccc2F)C1. The summed E-state index contributed by atoms with van der Waals surface area (Å²) in [5, 5.41) is 0.471. The summed E-state index contributed by atoms with van der Waals surface area (Å²) < 4.78 is 40.5. The number of halogens is 1. The minimum Gasteiger partial charge on any atom is -0.399 e. The van der Waals surface area contributed by atoms with Gasteiger partial charge in [0.05, 0.1) is 0 Å². The van der Waals surface area contributed by atoms with Crippen molar-refractivity contribution in [2.24, 2.45) is 0 Å². The summed E-state index contributed by atoms with van der Waals surface area (Å²) in [6.07, 6.45) is 4.56. The lowest BCUT2D eigenvalue weighted by atomic mass is 10.3. The molecule has 7 heteroatoms. The third-order valence-electron chi connectivity index (χ3n) is 3.28. The van der Waals surface area contributed by atoms with E-state index in [1.165, 1.54) is 6.07 Å². The molecule has 0 spiro atoms. The van der Waals surface area contributed by atoms with Crippen LogP contribution < -0.4 is 10.5 Å². The highest BCUT2D eigenvalue weighted by Gasteiger charge is 2.29. The van der Waals surface area contributed by atoms with Gasteiger partial charge in [0.15, 0.2) is 0 Å². The van der Waals surface area contributed by atoms with E-state index < -0.39 is 15.8 Å². The van der Waals surface area contributed by atoms with E-state index >= 15 is 0 Å². The topological polar surface area (TPSA) is 72.2 Å². The van der Waals surface area contributed by atoms with Crippen LogP contribution in [0.1, 0.15) is 19.3 Å². The molecule has 0 heterocycles. The minimum atomic E-state index is -3.84. The molecule has 0 aromatic heterocycles. The average Bonchev–Trinajstić information content (AvgIpc) is 2.79. The van der Waals surface area contributed by atoms with Crippen molar-refractivity contribution in [3.63, 3.8) is 0 Å². The second-order valence-electron chi connectivity index (χ2n) is 4.68. The van der Waals surface area contributed by atoms with Gasteiger partial charge >= 0.3 is 0 Å². The van der Waals surface area contributed by atoms with Gasteiger partial charge in [0, 0.05) is 17.0 Å². The van der Waals surface area contributed by atoms with Crippen LogP contribution in [0.3, 0.4) is 0 Å². The van der Waals surface area contributed by atoms with Crippen LogP contribution in [-0.2, 0) is 10.0 Å². The lowest BCUT2D eigenvalue weighted by molar-refractivity contribution is 0.537. The van der Waals surface area contributed by atoms with Crippen molar-refractivity contribution < 1.29 is 12.8 Å². The Labute approximate surface area is 117 Å². The summed E-state index contributed by atoms with van der Waals surface area (Å²) in [5.74, 6) is -0.777. The molecule has 1 aromatic rings. The molecule has 0 bridgehead atoms. The maximum atomic E-state index is 13.6. The average molecular weight is 304 g/mol. The third kappa shape index (κ3) is 3.40. The summed E-state index contributed by atoms with van der Waals surface area (Å²) in [5.41, 5.74) is 5.75. The van der Waals surface area contributed by atoms with Gasteiger partial charge in [-0.3, -0.25) is 0 Å². The highest BCUT2D eigenvalue weighted by molar-refractivity contribution is 7.99. The monoisotopic (exact) mass is 304 g/mol. The number of rotatable bonds is 4. The molecule has 106 valence electrons. The molecule has 19 heavy (non-hydrogen) atoms. The number of benzene rings is 1. The normalized spacial score (nSPS) is 23.7. The van der Waals surface area contributed by atoms with Crippen molar-refractivity contribution in [1.82, 2.24) is 4.72 Å². The Morgan fingerprint density at radius 3 is 2.79 bits per heavy atom. The van der Waals surface area contributed by atoms with Crippen LogP contribution in [-0.4, -0.2) is 26.0 Å². The van der Waals surface area contributed by atoms with Gasteiger partial charge in [-0.15, -0.1) is 0 Å². The largest absolute Gasteiger partial charge is 0.399 e. The molecule has 1 aliphatic carbocycles. The number of thioether (sulfide) groups is 1. The van der Waals surface area contributed by atoms with E-state index in [0.717, 1.165) is 31.4 Å². The lowest BCUT2D eigenvalue weighted by Gasteiger charge is -2.14. The zero-order valence-electron chi connectivity index (χ0n) is 10.6. The molecule has 1 saturated carbocycles. The first-order valence-electron chi connectivity index (χ1n) is 6.02. The molecule has 3 N–H and O–H groups in total. The number of nitrogen functional groups attached to an aromatic ring is 1. The fraction of sp³-hybridized carbons (Fsp3) is 0.500. The van der Waals surface area contributed by atoms with Gasteiger partial charge in [-0.2, -0.15) is 11.8 Å². The van der Waals surface area contributed by atoms with Gasteiger partial charge in [-0.25, -0.2) is 17.5 Å². The Kier molecular flexibility index (Phi) is 4.37. The quantitative estimate of drug-likeness (QED) is 0.834. The van der Waals surface area contributed by atoms with Gasteiger partial charge < -0.3 is 5.73 Å². The summed E-state index contributed by atoms with van der Waals surface area (Å²) in [4.78, 5) is -0.375. The first-order valence-corrected chi connectivity index (χ1v) is 8.79. The van der Waals surface area contributed by atoms with E-state index in [1.807, 2.05) is 6.26 Å². The number of hydrogen-bond donors (Lipinski definition) is 2. The summed E-state index contributed by atoms with van der Waals surface area (Å²) in [7, 11) is -3.84. The van der Waals surface area contributed by atoms with E-state index in [2.05, 4.69) is 4.72 Å². The van der Waals surface area contributed by atoms with Gasteiger partial charge in [0.2, 0.25) is 10.0 Å². The van der Waals surface area contributed by atoms with Crippen LogP contribution in [0.5, 0.6) is 0 Å². The van der Waals surface area contributed by atoms with Crippen LogP contribution in [0.25, 0.3) is 0 Å². The van der Waals surface area contributed by atoms with Crippen LogP contribution >= 0.6 is 11.8 Å². The molecular formula is C12H17FN2O2S2. The molecule has 4 nitrogen and oxygen atoms in total. The first kappa shape index (κ1) is 14.6. The molecule has 0 amide bonds. The molecule has 1 aliphatic rings. The van der Waals surface area contributed by atoms with Crippen LogP contribution in [0.4, 0.5) is 10.1 Å². The molecule has 2 rings (SSSR count). The Balaban J connectivity index is 2.17. The van der Waals surface area contributed by atoms with Gasteiger partial charge in [-0.05, 0) is 43.7 Å². The number of anilines is 1. The molecular weight excluding hydrogens is 287 g/mol. The molecule has 2 unspecified atom stereocenters. The Hall–Kier alpha value is -0.790. The highest BCUT2D eigenvalue weighted by Crippen LogP contribution is 2.29. The molecule has 1 aromatic carbocycles. The minimum absolute atomic E-state index is 0.122.